The minimum atomic E-state index is -1.17. The lowest BCUT2D eigenvalue weighted by Crippen LogP contribution is -2.51. The molecule has 0 aromatic carbocycles. The summed E-state index contributed by atoms with van der Waals surface area (Å²) in [5.74, 6) is -1.04. The maximum Gasteiger partial charge on any atom is 0.411 e. The molecule has 0 N–H and O–H groups in total. The lowest BCUT2D eigenvalue weighted by molar-refractivity contribution is -0.148. The highest BCUT2D eigenvalue weighted by Crippen LogP contribution is 2.45. The van der Waals surface area contributed by atoms with E-state index in [4.69, 9.17) is 9.47 Å². The van der Waals surface area contributed by atoms with Crippen LogP contribution in [0.15, 0.2) is 0 Å². The number of fused-ring (bicyclic) bond motifs is 2. The molecule has 0 radical (unpaired) electrons. The predicted octanol–water partition coefficient (Wildman–Crippen LogP) is 1.90. The smallest absolute Gasteiger partial charge is 0.411 e. The fraction of sp³-hybridized carbons (Fsp3) is 0.846. The Hall–Kier alpha value is -1.33. The molecule has 4 atom stereocenters. The number of ether oxygens (including phenoxy) is 2. The van der Waals surface area contributed by atoms with E-state index in [-0.39, 0.29) is 0 Å². The third-order valence-electron chi connectivity index (χ3n) is 3.68. The first-order valence-corrected chi connectivity index (χ1v) is 6.49. The first-order valence-electron chi connectivity index (χ1n) is 6.49. The molecule has 5 nitrogen and oxygen atoms in total. The topological polar surface area (TPSA) is 55.8 Å². The molecule has 1 aliphatic heterocycles. The number of hydrogen-bond donors (Lipinski definition) is 0. The van der Waals surface area contributed by atoms with E-state index in [9.17, 15) is 14.0 Å². The van der Waals surface area contributed by atoms with Crippen molar-refractivity contribution < 1.29 is 23.5 Å². The molecule has 0 aromatic heterocycles. The molecule has 0 aromatic rings. The Kier molecular flexibility index (Phi) is 3.45. The second-order valence-corrected chi connectivity index (χ2v) is 6.11. The third kappa shape index (κ3) is 2.40. The molecular weight excluding hydrogens is 253 g/mol. The minimum Gasteiger partial charge on any atom is -0.467 e. The Balaban J connectivity index is 2.22. The van der Waals surface area contributed by atoms with Crippen LogP contribution in [-0.2, 0) is 14.3 Å². The molecule has 108 valence electrons. The third-order valence-corrected chi connectivity index (χ3v) is 3.68. The molecule has 6 heteroatoms. The van der Waals surface area contributed by atoms with Gasteiger partial charge in [-0.3, -0.25) is 4.90 Å². The number of alkyl halides is 1. The van der Waals surface area contributed by atoms with Crippen molar-refractivity contribution in [2.24, 2.45) is 5.92 Å². The summed E-state index contributed by atoms with van der Waals surface area (Å²) < 4.78 is 24.1. The van der Waals surface area contributed by atoms with Gasteiger partial charge in [0, 0.05) is 5.92 Å². The number of piperidine rings is 1. The molecule has 1 heterocycles. The number of carbonyl (C=O) groups is 2. The Morgan fingerprint density at radius 1 is 1.26 bits per heavy atom. The number of rotatable bonds is 1. The molecular formula is C13H20FNO4. The summed E-state index contributed by atoms with van der Waals surface area (Å²) in [4.78, 5) is 25.2. The summed E-state index contributed by atoms with van der Waals surface area (Å²) in [5.41, 5.74) is -0.675. The largest absolute Gasteiger partial charge is 0.467 e. The van der Waals surface area contributed by atoms with Crippen LogP contribution in [0.5, 0.6) is 0 Å². The molecule has 1 saturated carbocycles. The van der Waals surface area contributed by atoms with Crippen LogP contribution in [0.1, 0.15) is 33.6 Å². The summed E-state index contributed by atoms with van der Waals surface area (Å²) in [6, 6.07) is -1.42. The summed E-state index contributed by atoms with van der Waals surface area (Å²) in [5, 5.41) is 0. The van der Waals surface area contributed by atoms with Gasteiger partial charge >= 0.3 is 12.1 Å². The highest BCUT2D eigenvalue weighted by atomic mass is 19.1. The Labute approximate surface area is 112 Å². The van der Waals surface area contributed by atoms with Crippen molar-refractivity contribution in [2.75, 3.05) is 7.11 Å². The van der Waals surface area contributed by atoms with Crippen molar-refractivity contribution in [3.8, 4) is 0 Å². The molecule has 1 amide bonds. The summed E-state index contributed by atoms with van der Waals surface area (Å²) in [7, 11) is 1.24. The maximum absolute atomic E-state index is 14.1. The highest BCUT2D eigenvalue weighted by molar-refractivity contribution is 5.83. The normalized spacial score (nSPS) is 33.4. The van der Waals surface area contributed by atoms with E-state index in [2.05, 4.69) is 0 Å². The van der Waals surface area contributed by atoms with E-state index < -0.39 is 41.8 Å². The van der Waals surface area contributed by atoms with Gasteiger partial charge in [-0.2, -0.15) is 0 Å². The number of halogens is 1. The highest BCUT2D eigenvalue weighted by Gasteiger charge is 2.59. The van der Waals surface area contributed by atoms with Crippen LogP contribution in [0.2, 0.25) is 0 Å². The number of likely N-dealkylation sites (tertiary alicyclic amines) is 1. The predicted molar refractivity (Wildman–Crippen MR) is 65.3 cm³/mol. The Bertz CT molecular complexity index is 393. The second-order valence-electron chi connectivity index (χ2n) is 6.11. The molecule has 2 rings (SSSR count). The number of methoxy groups -OCH3 is 1. The summed E-state index contributed by atoms with van der Waals surface area (Å²) >= 11 is 0. The van der Waals surface area contributed by atoms with Crippen LogP contribution in [0, 0.1) is 5.92 Å². The van der Waals surface area contributed by atoms with Crippen LogP contribution in [0.4, 0.5) is 9.18 Å². The molecule has 0 unspecified atom stereocenters. The molecule has 19 heavy (non-hydrogen) atoms. The van der Waals surface area contributed by atoms with Crippen molar-refractivity contribution in [1.82, 2.24) is 4.90 Å². The van der Waals surface area contributed by atoms with Gasteiger partial charge in [-0.05, 0) is 33.6 Å². The van der Waals surface area contributed by atoms with Gasteiger partial charge in [0.05, 0.1) is 13.2 Å². The van der Waals surface area contributed by atoms with Gasteiger partial charge < -0.3 is 9.47 Å². The Morgan fingerprint density at radius 3 is 2.42 bits per heavy atom. The number of amides is 1. The number of hydrogen-bond acceptors (Lipinski definition) is 4. The van der Waals surface area contributed by atoms with Gasteiger partial charge in [0.2, 0.25) is 0 Å². The number of nitrogens with zero attached hydrogens (tertiary/aromatic N) is 1. The molecule has 2 aliphatic rings. The van der Waals surface area contributed by atoms with Gasteiger partial charge in [-0.15, -0.1) is 0 Å². The SMILES string of the molecule is COC(=O)[C@@H]1[C@@H]2CC[C@@H]([C@H]2F)N1C(=O)OC(C)(C)C. The molecule has 1 aliphatic carbocycles. The van der Waals surface area contributed by atoms with Gasteiger partial charge in [0.25, 0.3) is 0 Å². The summed E-state index contributed by atoms with van der Waals surface area (Å²) in [6.45, 7) is 5.21. The zero-order valence-electron chi connectivity index (χ0n) is 11.7. The molecule has 0 spiro atoms. The van der Waals surface area contributed by atoms with E-state index in [1.165, 1.54) is 12.0 Å². The first kappa shape index (κ1) is 14.1. The van der Waals surface area contributed by atoms with Gasteiger partial charge in [-0.25, -0.2) is 14.0 Å². The Morgan fingerprint density at radius 2 is 1.89 bits per heavy atom. The van der Waals surface area contributed by atoms with Gasteiger partial charge in [-0.1, -0.05) is 0 Å². The van der Waals surface area contributed by atoms with E-state index in [1.54, 1.807) is 20.8 Å². The number of carbonyl (C=O) groups excluding carboxylic acids is 2. The van der Waals surface area contributed by atoms with Crippen molar-refractivity contribution in [3.05, 3.63) is 0 Å². The van der Waals surface area contributed by atoms with Crippen LogP contribution in [-0.4, -0.2) is 47.9 Å². The van der Waals surface area contributed by atoms with Crippen LogP contribution >= 0.6 is 0 Å². The van der Waals surface area contributed by atoms with E-state index in [0.717, 1.165) is 0 Å². The first-order chi connectivity index (χ1) is 8.76. The average molecular weight is 273 g/mol. The van der Waals surface area contributed by atoms with Crippen molar-refractivity contribution in [1.29, 1.82) is 0 Å². The van der Waals surface area contributed by atoms with Gasteiger partial charge in [0.15, 0.2) is 0 Å². The van der Waals surface area contributed by atoms with Crippen LogP contribution in [0.3, 0.4) is 0 Å². The fourth-order valence-corrected chi connectivity index (χ4v) is 2.98. The average Bonchev–Trinajstić information content (AvgIpc) is 2.79. The zero-order chi connectivity index (χ0) is 14.4. The molecule has 2 bridgehead atoms. The van der Waals surface area contributed by atoms with Crippen molar-refractivity contribution in [2.45, 2.75) is 57.5 Å². The van der Waals surface area contributed by atoms with Crippen molar-refractivity contribution in [3.63, 3.8) is 0 Å². The zero-order valence-corrected chi connectivity index (χ0v) is 11.7. The number of esters is 1. The fourth-order valence-electron chi connectivity index (χ4n) is 2.98. The molecule has 1 saturated heterocycles. The van der Waals surface area contributed by atoms with E-state index >= 15 is 0 Å². The van der Waals surface area contributed by atoms with Gasteiger partial charge in [0.1, 0.15) is 17.8 Å². The lowest BCUT2D eigenvalue weighted by Gasteiger charge is -2.34. The second kappa shape index (κ2) is 4.65. The monoisotopic (exact) mass is 273 g/mol. The maximum atomic E-state index is 14.1. The summed E-state index contributed by atoms with van der Waals surface area (Å²) in [6.07, 6.45) is -0.641. The molecule has 2 fully saturated rings. The minimum absolute atomic E-state index is 0.468. The van der Waals surface area contributed by atoms with E-state index in [1.807, 2.05) is 0 Å². The standard InChI is InChI=1S/C13H20FNO4/c1-13(2,3)19-12(17)15-8-6-5-7(9(8)14)10(15)11(16)18-4/h7-10H,5-6H2,1-4H3/t7-,8+,9+,10+/m1/s1. The van der Waals surface area contributed by atoms with E-state index in [0.29, 0.717) is 12.8 Å². The quantitative estimate of drug-likeness (QED) is 0.685. The van der Waals surface area contributed by atoms with Crippen molar-refractivity contribution >= 4 is 12.1 Å². The van der Waals surface area contributed by atoms with Crippen LogP contribution < -0.4 is 0 Å². The van der Waals surface area contributed by atoms with Crippen LogP contribution in [0.25, 0.3) is 0 Å². The lowest BCUT2D eigenvalue weighted by atomic mass is 9.98.